The maximum absolute atomic E-state index is 13.6. The number of urea groups is 1. The van der Waals surface area contributed by atoms with Crippen molar-refractivity contribution >= 4 is 6.03 Å². The van der Waals surface area contributed by atoms with Crippen molar-refractivity contribution in [1.29, 1.82) is 0 Å². The van der Waals surface area contributed by atoms with Gasteiger partial charge in [0.15, 0.2) is 11.6 Å². The second kappa shape index (κ2) is 8.47. The maximum Gasteiger partial charge on any atom is 0.317 e. The highest BCUT2D eigenvalue weighted by atomic mass is 19.1. The zero-order chi connectivity index (χ0) is 17.6. The molecule has 1 saturated carbocycles. The van der Waals surface area contributed by atoms with Crippen LogP contribution in [0.2, 0.25) is 0 Å². The van der Waals surface area contributed by atoms with Crippen LogP contribution in [-0.4, -0.2) is 49.4 Å². The molecule has 138 valence electrons. The van der Waals surface area contributed by atoms with Gasteiger partial charge in [-0.3, -0.25) is 0 Å². The standard InChI is InChI=1S/C18H24F2N2O3/c19-13-6-7-16(20)17(10-13)25-12-15-11-22(8-9-24-15)18(23)21-14-4-2-1-3-5-14/h6-7,10,14-15H,1-5,8-9,11-12H2,(H,21,23). The van der Waals surface area contributed by atoms with Crippen LogP contribution in [0.4, 0.5) is 13.6 Å². The van der Waals surface area contributed by atoms with Crippen molar-refractivity contribution in [2.24, 2.45) is 0 Å². The van der Waals surface area contributed by atoms with Gasteiger partial charge in [-0.1, -0.05) is 19.3 Å². The van der Waals surface area contributed by atoms with Gasteiger partial charge in [-0.2, -0.15) is 0 Å². The molecule has 7 heteroatoms. The predicted octanol–water partition coefficient (Wildman–Crippen LogP) is 3.09. The first-order valence-electron chi connectivity index (χ1n) is 8.87. The normalized spacial score (nSPS) is 21.8. The number of ether oxygens (including phenoxy) is 2. The van der Waals surface area contributed by atoms with Gasteiger partial charge in [0, 0.05) is 18.7 Å². The Kier molecular flexibility index (Phi) is 6.07. The monoisotopic (exact) mass is 354 g/mol. The van der Waals surface area contributed by atoms with Crippen molar-refractivity contribution in [1.82, 2.24) is 10.2 Å². The summed E-state index contributed by atoms with van der Waals surface area (Å²) in [5.74, 6) is -1.33. The Bertz CT molecular complexity index is 594. The highest BCUT2D eigenvalue weighted by Gasteiger charge is 2.26. The lowest BCUT2D eigenvalue weighted by atomic mass is 9.96. The van der Waals surface area contributed by atoms with E-state index in [4.69, 9.17) is 9.47 Å². The summed E-state index contributed by atoms with van der Waals surface area (Å²) >= 11 is 0. The van der Waals surface area contributed by atoms with E-state index >= 15 is 0 Å². The Balaban J connectivity index is 1.48. The molecule has 2 amide bonds. The second-order valence-electron chi connectivity index (χ2n) is 6.61. The molecular weight excluding hydrogens is 330 g/mol. The molecule has 1 saturated heterocycles. The molecule has 1 N–H and O–H groups in total. The van der Waals surface area contributed by atoms with E-state index in [0.717, 1.165) is 43.9 Å². The molecule has 2 aliphatic rings. The molecule has 5 nitrogen and oxygen atoms in total. The molecule has 1 heterocycles. The zero-order valence-corrected chi connectivity index (χ0v) is 14.2. The van der Waals surface area contributed by atoms with Crippen molar-refractivity contribution in [2.75, 3.05) is 26.3 Å². The number of nitrogens with one attached hydrogen (secondary N) is 1. The lowest BCUT2D eigenvalue weighted by Crippen LogP contribution is -2.53. The molecule has 0 aromatic heterocycles. The van der Waals surface area contributed by atoms with E-state index in [1.54, 1.807) is 4.90 Å². The average Bonchev–Trinajstić information content (AvgIpc) is 2.63. The Morgan fingerprint density at radius 3 is 2.88 bits per heavy atom. The first-order valence-corrected chi connectivity index (χ1v) is 8.87. The number of hydrogen-bond donors (Lipinski definition) is 1. The summed E-state index contributed by atoms with van der Waals surface area (Å²) in [5.41, 5.74) is 0. The van der Waals surface area contributed by atoms with Gasteiger partial charge in [-0.05, 0) is 25.0 Å². The van der Waals surface area contributed by atoms with Crippen LogP contribution in [0.1, 0.15) is 32.1 Å². The molecular formula is C18H24F2N2O3. The van der Waals surface area contributed by atoms with Crippen LogP contribution in [0.15, 0.2) is 18.2 Å². The predicted molar refractivity (Wildman–Crippen MR) is 88.6 cm³/mol. The van der Waals surface area contributed by atoms with Crippen LogP contribution in [0.3, 0.4) is 0 Å². The molecule has 1 unspecified atom stereocenters. The number of rotatable bonds is 4. The number of morpholine rings is 1. The van der Waals surface area contributed by atoms with Gasteiger partial charge >= 0.3 is 6.03 Å². The fraction of sp³-hybridized carbons (Fsp3) is 0.611. The highest BCUT2D eigenvalue weighted by molar-refractivity contribution is 5.74. The number of nitrogens with zero attached hydrogens (tertiary/aromatic N) is 1. The van der Waals surface area contributed by atoms with Gasteiger partial charge in [0.2, 0.25) is 0 Å². The number of amides is 2. The van der Waals surface area contributed by atoms with Crippen molar-refractivity contribution < 1.29 is 23.0 Å². The molecule has 1 aliphatic heterocycles. The quantitative estimate of drug-likeness (QED) is 0.904. The highest BCUT2D eigenvalue weighted by Crippen LogP contribution is 2.20. The van der Waals surface area contributed by atoms with Crippen LogP contribution in [0, 0.1) is 11.6 Å². The summed E-state index contributed by atoms with van der Waals surface area (Å²) in [5, 5.41) is 3.08. The third kappa shape index (κ3) is 5.04. The molecule has 2 fully saturated rings. The molecule has 1 aromatic carbocycles. The summed E-state index contributed by atoms with van der Waals surface area (Å²) in [6, 6.07) is 3.23. The van der Waals surface area contributed by atoms with Crippen molar-refractivity contribution in [3.63, 3.8) is 0 Å². The van der Waals surface area contributed by atoms with Gasteiger partial charge in [0.1, 0.15) is 18.5 Å². The van der Waals surface area contributed by atoms with Crippen molar-refractivity contribution in [3.05, 3.63) is 29.8 Å². The largest absolute Gasteiger partial charge is 0.488 e. The van der Waals surface area contributed by atoms with Gasteiger partial charge in [0.25, 0.3) is 0 Å². The van der Waals surface area contributed by atoms with Crippen LogP contribution < -0.4 is 10.1 Å². The SMILES string of the molecule is O=C(NC1CCCCC1)N1CCOC(COc2cc(F)ccc2F)C1. The number of carbonyl (C=O) groups excluding carboxylic acids is 1. The minimum absolute atomic E-state index is 0.0631. The molecule has 0 radical (unpaired) electrons. The molecule has 1 atom stereocenters. The molecule has 3 rings (SSSR count). The van der Waals surface area contributed by atoms with E-state index in [0.29, 0.717) is 19.7 Å². The van der Waals surface area contributed by atoms with Gasteiger partial charge in [-0.15, -0.1) is 0 Å². The number of carbonyl (C=O) groups is 1. The summed E-state index contributed by atoms with van der Waals surface area (Å²) in [4.78, 5) is 14.1. The average molecular weight is 354 g/mol. The Morgan fingerprint density at radius 2 is 2.08 bits per heavy atom. The van der Waals surface area contributed by atoms with Crippen LogP contribution in [0.5, 0.6) is 5.75 Å². The smallest absolute Gasteiger partial charge is 0.317 e. The fourth-order valence-corrected chi connectivity index (χ4v) is 3.29. The molecule has 1 aliphatic carbocycles. The zero-order valence-electron chi connectivity index (χ0n) is 14.2. The number of hydrogen-bond acceptors (Lipinski definition) is 3. The minimum Gasteiger partial charge on any atom is -0.488 e. The van der Waals surface area contributed by atoms with Crippen LogP contribution >= 0.6 is 0 Å². The van der Waals surface area contributed by atoms with Crippen LogP contribution in [-0.2, 0) is 4.74 Å². The maximum atomic E-state index is 13.6. The second-order valence-corrected chi connectivity index (χ2v) is 6.61. The van der Waals surface area contributed by atoms with E-state index in [1.165, 1.54) is 6.42 Å². The lowest BCUT2D eigenvalue weighted by Gasteiger charge is -2.34. The van der Waals surface area contributed by atoms with E-state index < -0.39 is 11.6 Å². The van der Waals surface area contributed by atoms with Gasteiger partial charge < -0.3 is 19.7 Å². The third-order valence-corrected chi connectivity index (χ3v) is 4.68. The molecule has 0 bridgehead atoms. The first kappa shape index (κ1) is 17.9. The van der Waals surface area contributed by atoms with Gasteiger partial charge in [-0.25, -0.2) is 13.6 Å². The lowest BCUT2D eigenvalue weighted by molar-refractivity contribution is -0.0361. The fourth-order valence-electron chi connectivity index (χ4n) is 3.29. The third-order valence-electron chi connectivity index (χ3n) is 4.68. The van der Waals surface area contributed by atoms with Crippen molar-refractivity contribution in [3.8, 4) is 5.75 Å². The van der Waals surface area contributed by atoms with Gasteiger partial charge in [0.05, 0.1) is 13.2 Å². The molecule has 1 aromatic rings. The molecule has 0 spiro atoms. The minimum atomic E-state index is -0.621. The van der Waals surface area contributed by atoms with Crippen LogP contribution in [0.25, 0.3) is 0 Å². The summed E-state index contributed by atoms with van der Waals surface area (Å²) in [6.07, 6.45) is 5.24. The molecule has 25 heavy (non-hydrogen) atoms. The van der Waals surface area contributed by atoms with E-state index in [1.807, 2.05) is 0 Å². The Morgan fingerprint density at radius 1 is 1.28 bits per heavy atom. The Hall–Kier alpha value is -1.89. The Labute approximate surface area is 146 Å². The number of benzene rings is 1. The topological polar surface area (TPSA) is 50.8 Å². The number of halogens is 2. The summed E-state index contributed by atoms with van der Waals surface area (Å²) in [6.45, 7) is 1.35. The van der Waals surface area contributed by atoms with E-state index in [-0.39, 0.29) is 30.5 Å². The van der Waals surface area contributed by atoms with E-state index in [2.05, 4.69) is 5.32 Å². The van der Waals surface area contributed by atoms with Crippen molar-refractivity contribution in [2.45, 2.75) is 44.2 Å². The first-order chi connectivity index (χ1) is 12.1. The summed E-state index contributed by atoms with van der Waals surface area (Å²) in [7, 11) is 0. The van der Waals surface area contributed by atoms with E-state index in [9.17, 15) is 13.6 Å². The summed E-state index contributed by atoms with van der Waals surface area (Å²) < 4.78 is 37.7.